The van der Waals surface area contributed by atoms with Gasteiger partial charge in [0.05, 0.1) is 47.1 Å². The van der Waals surface area contributed by atoms with Gasteiger partial charge in [0.15, 0.2) is 0 Å². The first-order chi connectivity index (χ1) is 24.6. The fourth-order valence-electron chi connectivity index (χ4n) is 5.82. The van der Waals surface area contributed by atoms with Gasteiger partial charge in [0.2, 0.25) is 0 Å². The highest BCUT2D eigenvalue weighted by Crippen LogP contribution is 2.39. The van der Waals surface area contributed by atoms with E-state index < -0.39 is 5.54 Å². The van der Waals surface area contributed by atoms with Crippen LogP contribution in [0.5, 0.6) is 17.2 Å². The summed E-state index contributed by atoms with van der Waals surface area (Å²) in [6, 6.07) is 19.0. The average Bonchev–Trinajstić information content (AvgIpc) is 3.57. The molecule has 0 radical (unpaired) electrons. The van der Waals surface area contributed by atoms with E-state index in [1.54, 1.807) is 31.3 Å². The summed E-state index contributed by atoms with van der Waals surface area (Å²) in [7, 11) is 0. The van der Waals surface area contributed by atoms with E-state index in [4.69, 9.17) is 37.4 Å². The summed E-state index contributed by atoms with van der Waals surface area (Å²) in [6.07, 6.45) is 4.54. The summed E-state index contributed by atoms with van der Waals surface area (Å²) < 4.78 is 18.6. The second-order valence-corrected chi connectivity index (χ2v) is 13.8. The molecule has 1 aliphatic rings. The van der Waals surface area contributed by atoms with Crippen molar-refractivity contribution in [1.29, 1.82) is 5.26 Å². The van der Waals surface area contributed by atoms with Crippen molar-refractivity contribution in [3.63, 3.8) is 0 Å². The third-order valence-electron chi connectivity index (χ3n) is 9.04. The zero-order chi connectivity index (χ0) is 36.4. The summed E-state index contributed by atoms with van der Waals surface area (Å²) in [5.74, 6) is 1.52. The third-order valence-corrected chi connectivity index (χ3v) is 9.73. The smallest absolute Gasteiger partial charge is 0.142 e. The fraction of sp³-hybridized carbons (Fsp3) is 0.385. The summed E-state index contributed by atoms with van der Waals surface area (Å²) in [5.41, 5.74) is 4.65. The Morgan fingerprint density at radius 1 is 0.961 bits per heavy atom. The van der Waals surface area contributed by atoms with E-state index in [1.165, 1.54) is 6.20 Å². The zero-order valence-electron chi connectivity index (χ0n) is 28.9. The lowest BCUT2D eigenvalue weighted by atomic mass is 9.96. The number of hydrogen-bond acceptors (Lipinski definition) is 10. The number of hydrogen-bond donors (Lipinski definition) is 4. The van der Waals surface area contributed by atoms with Gasteiger partial charge in [-0.25, -0.2) is 0 Å². The Labute approximate surface area is 309 Å². The molecule has 1 unspecified atom stereocenters. The van der Waals surface area contributed by atoms with Crippen LogP contribution in [0.2, 0.25) is 10.0 Å². The Morgan fingerprint density at radius 3 is 2.47 bits per heavy atom. The van der Waals surface area contributed by atoms with Crippen molar-refractivity contribution >= 4 is 23.2 Å². The van der Waals surface area contributed by atoms with E-state index in [1.807, 2.05) is 43.3 Å². The van der Waals surface area contributed by atoms with Gasteiger partial charge >= 0.3 is 0 Å². The van der Waals surface area contributed by atoms with Crippen LogP contribution in [-0.2, 0) is 19.8 Å². The van der Waals surface area contributed by atoms with Gasteiger partial charge in [-0.2, -0.15) is 5.26 Å². The monoisotopic (exact) mass is 734 g/mol. The number of aromatic nitrogens is 1. The number of halogens is 2. The van der Waals surface area contributed by atoms with Gasteiger partial charge < -0.3 is 39.7 Å². The van der Waals surface area contributed by atoms with Crippen molar-refractivity contribution in [2.45, 2.75) is 58.1 Å². The van der Waals surface area contributed by atoms with Crippen LogP contribution >= 0.6 is 23.2 Å². The standard InChI is InChI=1S/C39H44Cl2N4O6/c1-26-29(6-3-7-32(26)33-8-4-9-35(38(33)41)49-13-5-11-45-12-10-31(48)21-45)23-51-37-16-36(50-22-28-14-27(17-42)18-43-19-28)30(15-34(37)40)20-44-39(2,24-46)25-47/h3-4,6-9,14-16,18-19,31,44,46-48H,5,10-13,20-25H2,1-2H3. The number of aliphatic hydroxyl groups is 3. The van der Waals surface area contributed by atoms with Gasteiger partial charge in [-0.1, -0.05) is 53.5 Å². The van der Waals surface area contributed by atoms with Crippen LogP contribution in [0.3, 0.4) is 0 Å². The van der Waals surface area contributed by atoms with Crippen molar-refractivity contribution in [1.82, 2.24) is 15.2 Å². The molecule has 1 aliphatic heterocycles. The van der Waals surface area contributed by atoms with Crippen LogP contribution in [0.4, 0.5) is 0 Å². The number of nitriles is 1. The maximum absolute atomic E-state index is 9.78. The lowest BCUT2D eigenvalue weighted by molar-refractivity contribution is 0.103. The van der Waals surface area contributed by atoms with Gasteiger partial charge in [0.1, 0.15) is 36.5 Å². The van der Waals surface area contributed by atoms with Crippen LogP contribution in [0.15, 0.2) is 67.0 Å². The van der Waals surface area contributed by atoms with Crippen molar-refractivity contribution in [3.05, 3.63) is 105 Å². The zero-order valence-corrected chi connectivity index (χ0v) is 30.4. The quantitative estimate of drug-likeness (QED) is 0.0947. The van der Waals surface area contributed by atoms with Crippen LogP contribution in [0.1, 0.15) is 47.6 Å². The molecule has 4 N–H and O–H groups in total. The molecule has 0 saturated carbocycles. The molecule has 5 rings (SSSR count). The van der Waals surface area contributed by atoms with Gasteiger partial charge in [-0.15, -0.1) is 0 Å². The van der Waals surface area contributed by atoms with Gasteiger partial charge in [0.25, 0.3) is 0 Å². The number of β-amino-alcohol motifs (C(OH)–C–C–N with tert-alkyl or cyclic N) is 1. The second-order valence-electron chi connectivity index (χ2n) is 13.0. The van der Waals surface area contributed by atoms with Crippen molar-refractivity contribution in [2.75, 3.05) is 39.5 Å². The topological polar surface area (TPSA) is 140 Å². The maximum Gasteiger partial charge on any atom is 0.142 e. The van der Waals surface area contributed by atoms with Crippen molar-refractivity contribution < 1.29 is 29.5 Å². The molecular formula is C39H44Cl2N4O6. The molecule has 0 amide bonds. The Morgan fingerprint density at radius 2 is 1.73 bits per heavy atom. The van der Waals surface area contributed by atoms with E-state index in [9.17, 15) is 20.6 Å². The lowest BCUT2D eigenvalue weighted by Gasteiger charge is -2.27. The number of benzene rings is 3. The number of rotatable bonds is 17. The van der Waals surface area contributed by atoms with E-state index in [0.29, 0.717) is 57.1 Å². The SMILES string of the molecule is Cc1c(COc2cc(OCc3cncc(C#N)c3)c(CNC(C)(CO)CO)cc2Cl)cccc1-c1cccc(OCCCN2CCC(O)C2)c1Cl. The van der Waals surface area contributed by atoms with Gasteiger partial charge in [0, 0.05) is 61.3 Å². The molecule has 4 aromatic rings. The highest BCUT2D eigenvalue weighted by molar-refractivity contribution is 6.35. The Balaban J connectivity index is 1.31. The maximum atomic E-state index is 9.78. The molecule has 10 nitrogen and oxygen atoms in total. The first kappa shape index (κ1) is 38.3. The number of nitrogens with one attached hydrogen (secondary N) is 1. The predicted octanol–water partition coefficient (Wildman–Crippen LogP) is 6.06. The molecular weight excluding hydrogens is 691 g/mol. The second kappa shape index (κ2) is 18.0. The molecule has 2 heterocycles. The summed E-state index contributed by atoms with van der Waals surface area (Å²) in [5, 5.41) is 42.7. The molecule has 1 saturated heterocycles. The molecule has 1 fully saturated rings. The number of ether oxygens (including phenoxy) is 3. The Bertz CT molecular complexity index is 1830. The Kier molecular flexibility index (Phi) is 13.5. The van der Waals surface area contributed by atoms with E-state index in [0.717, 1.165) is 48.2 Å². The minimum atomic E-state index is -0.917. The largest absolute Gasteiger partial charge is 0.492 e. The third kappa shape index (κ3) is 10.1. The molecule has 0 bridgehead atoms. The highest BCUT2D eigenvalue weighted by atomic mass is 35.5. The van der Waals surface area contributed by atoms with Crippen LogP contribution in [-0.4, -0.2) is 76.3 Å². The summed E-state index contributed by atoms with van der Waals surface area (Å²) in [4.78, 5) is 6.36. The van der Waals surface area contributed by atoms with Crippen molar-refractivity contribution in [2.24, 2.45) is 0 Å². The Hall–Kier alpha value is -3.92. The van der Waals surface area contributed by atoms with Crippen LogP contribution < -0.4 is 19.5 Å². The molecule has 0 spiro atoms. The molecule has 1 aromatic heterocycles. The van der Waals surface area contributed by atoms with Crippen molar-refractivity contribution in [3.8, 4) is 34.4 Å². The first-order valence-corrected chi connectivity index (χ1v) is 17.7. The predicted molar refractivity (Wildman–Crippen MR) is 197 cm³/mol. The number of likely N-dealkylation sites (tertiary alicyclic amines) is 1. The minimum Gasteiger partial charge on any atom is -0.492 e. The molecule has 3 aromatic carbocycles. The summed E-state index contributed by atoms with van der Waals surface area (Å²) in [6.45, 7) is 6.82. The molecule has 12 heteroatoms. The van der Waals surface area contributed by atoms with E-state index >= 15 is 0 Å². The number of aliphatic hydroxyl groups excluding tert-OH is 3. The first-order valence-electron chi connectivity index (χ1n) is 16.9. The number of nitrogens with zero attached hydrogens (tertiary/aromatic N) is 3. The summed E-state index contributed by atoms with van der Waals surface area (Å²) >= 11 is 13.6. The normalized spacial score (nSPS) is 14.7. The number of pyridine rings is 1. The van der Waals surface area contributed by atoms with Crippen LogP contribution in [0, 0.1) is 18.3 Å². The molecule has 270 valence electrons. The fourth-order valence-corrected chi connectivity index (χ4v) is 6.34. The molecule has 1 atom stereocenters. The van der Waals surface area contributed by atoms with Gasteiger partial charge in [-0.3, -0.25) is 4.98 Å². The molecule has 0 aliphatic carbocycles. The van der Waals surface area contributed by atoms with E-state index in [2.05, 4.69) is 21.3 Å². The highest BCUT2D eigenvalue weighted by Gasteiger charge is 2.23. The lowest BCUT2D eigenvalue weighted by Crippen LogP contribution is -2.48. The van der Waals surface area contributed by atoms with E-state index in [-0.39, 0.29) is 39.1 Å². The minimum absolute atomic E-state index is 0.140. The molecule has 51 heavy (non-hydrogen) atoms. The van der Waals surface area contributed by atoms with Gasteiger partial charge in [-0.05, 0) is 61.6 Å². The van der Waals surface area contributed by atoms with Crippen LogP contribution in [0.25, 0.3) is 11.1 Å². The average molecular weight is 736 g/mol.